The summed E-state index contributed by atoms with van der Waals surface area (Å²) in [5, 5.41) is 3.45. The number of hydrogen-bond donors (Lipinski definition) is 4. The standard InChI is InChI=1S/C10H9Cl2N5O/c11-5-1-4(2-6(12)8(5)14)16-10-15-3-7(13)9(18)17-10/h1-3H,13-14H2,(H2,15,16,17,18). The van der Waals surface area contributed by atoms with E-state index in [9.17, 15) is 4.79 Å². The Kier molecular flexibility index (Phi) is 3.31. The van der Waals surface area contributed by atoms with Gasteiger partial charge in [0, 0.05) is 5.69 Å². The summed E-state index contributed by atoms with van der Waals surface area (Å²) in [6.07, 6.45) is 1.25. The van der Waals surface area contributed by atoms with E-state index in [1.54, 1.807) is 12.1 Å². The lowest BCUT2D eigenvalue weighted by Gasteiger charge is -2.08. The van der Waals surface area contributed by atoms with E-state index in [-0.39, 0.29) is 11.6 Å². The summed E-state index contributed by atoms with van der Waals surface area (Å²) >= 11 is 11.8. The number of rotatable bonds is 2. The van der Waals surface area contributed by atoms with E-state index in [0.29, 0.717) is 21.4 Å². The molecule has 0 saturated carbocycles. The maximum absolute atomic E-state index is 11.3. The van der Waals surface area contributed by atoms with Crippen LogP contribution in [-0.2, 0) is 0 Å². The van der Waals surface area contributed by atoms with Crippen LogP contribution < -0.4 is 22.3 Å². The van der Waals surface area contributed by atoms with Crippen molar-refractivity contribution >= 4 is 46.2 Å². The number of benzene rings is 1. The molecule has 94 valence electrons. The van der Waals surface area contributed by atoms with Crippen LogP contribution in [0.2, 0.25) is 10.0 Å². The lowest BCUT2D eigenvalue weighted by Crippen LogP contribution is -2.14. The van der Waals surface area contributed by atoms with Crippen LogP contribution in [0.3, 0.4) is 0 Å². The number of aromatic amines is 1. The smallest absolute Gasteiger partial charge is 0.275 e. The lowest BCUT2D eigenvalue weighted by atomic mass is 10.3. The molecule has 0 aliphatic rings. The second-order valence-electron chi connectivity index (χ2n) is 3.49. The topological polar surface area (TPSA) is 110 Å². The van der Waals surface area contributed by atoms with Crippen LogP contribution in [0.1, 0.15) is 0 Å². The van der Waals surface area contributed by atoms with Gasteiger partial charge in [0.25, 0.3) is 5.56 Å². The number of H-pyrrole nitrogens is 1. The van der Waals surface area contributed by atoms with Gasteiger partial charge in [0.1, 0.15) is 5.69 Å². The van der Waals surface area contributed by atoms with Crippen LogP contribution in [0, 0.1) is 0 Å². The second kappa shape index (κ2) is 4.75. The van der Waals surface area contributed by atoms with Gasteiger partial charge in [-0.25, -0.2) is 4.98 Å². The van der Waals surface area contributed by atoms with Crippen molar-refractivity contribution in [3.63, 3.8) is 0 Å². The van der Waals surface area contributed by atoms with Crippen molar-refractivity contribution in [2.24, 2.45) is 0 Å². The molecule has 6 nitrogen and oxygen atoms in total. The SMILES string of the molecule is Nc1c(Cl)cc(Nc2ncc(N)c(=O)[nH]2)cc1Cl. The molecule has 0 amide bonds. The molecule has 1 heterocycles. The number of nitrogens with zero attached hydrogens (tertiary/aromatic N) is 1. The minimum atomic E-state index is -0.430. The molecule has 1 aromatic carbocycles. The van der Waals surface area contributed by atoms with Gasteiger partial charge in [-0.1, -0.05) is 23.2 Å². The van der Waals surface area contributed by atoms with Gasteiger partial charge in [-0.05, 0) is 12.1 Å². The van der Waals surface area contributed by atoms with Crippen LogP contribution in [-0.4, -0.2) is 9.97 Å². The van der Waals surface area contributed by atoms with Crippen molar-refractivity contribution in [1.82, 2.24) is 9.97 Å². The maximum Gasteiger partial charge on any atom is 0.275 e. The lowest BCUT2D eigenvalue weighted by molar-refractivity contribution is 1.13. The first-order chi connectivity index (χ1) is 8.47. The Hall–Kier alpha value is -1.92. The van der Waals surface area contributed by atoms with Gasteiger partial charge in [-0.2, -0.15) is 0 Å². The highest BCUT2D eigenvalue weighted by Crippen LogP contribution is 2.31. The fourth-order valence-corrected chi connectivity index (χ4v) is 1.75. The normalized spacial score (nSPS) is 10.3. The van der Waals surface area contributed by atoms with Crippen LogP contribution in [0.15, 0.2) is 23.1 Å². The summed E-state index contributed by atoms with van der Waals surface area (Å²) in [7, 11) is 0. The van der Waals surface area contributed by atoms with Crippen molar-refractivity contribution in [3.8, 4) is 0 Å². The Labute approximate surface area is 112 Å². The van der Waals surface area contributed by atoms with Gasteiger partial charge in [0.05, 0.1) is 21.9 Å². The summed E-state index contributed by atoms with van der Waals surface area (Å²) in [5.74, 6) is 0.228. The first kappa shape index (κ1) is 12.5. The Morgan fingerprint density at radius 2 is 1.83 bits per heavy atom. The number of hydrogen-bond acceptors (Lipinski definition) is 5. The van der Waals surface area contributed by atoms with Crippen molar-refractivity contribution < 1.29 is 0 Å². The molecule has 0 fully saturated rings. The summed E-state index contributed by atoms with van der Waals surface area (Å²) in [6.45, 7) is 0. The van der Waals surface area contributed by atoms with Crippen LogP contribution in [0.25, 0.3) is 0 Å². The van der Waals surface area contributed by atoms with Crippen molar-refractivity contribution in [2.45, 2.75) is 0 Å². The van der Waals surface area contributed by atoms with Crippen LogP contribution >= 0.6 is 23.2 Å². The van der Waals surface area contributed by atoms with Crippen LogP contribution in [0.5, 0.6) is 0 Å². The molecule has 0 bridgehead atoms. The van der Waals surface area contributed by atoms with Gasteiger partial charge in [-0.15, -0.1) is 0 Å². The van der Waals surface area contributed by atoms with Crippen molar-refractivity contribution in [3.05, 3.63) is 38.7 Å². The van der Waals surface area contributed by atoms with E-state index in [0.717, 1.165) is 0 Å². The Bertz CT molecular complexity index is 632. The number of anilines is 4. The van der Waals surface area contributed by atoms with Crippen molar-refractivity contribution in [2.75, 3.05) is 16.8 Å². The molecule has 1 aromatic heterocycles. The summed E-state index contributed by atoms with van der Waals surface area (Å²) in [5.41, 5.74) is 11.4. The zero-order chi connectivity index (χ0) is 13.3. The summed E-state index contributed by atoms with van der Waals surface area (Å²) in [4.78, 5) is 17.6. The van der Waals surface area contributed by atoms with Gasteiger partial charge >= 0.3 is 0 Å². The maximum atomic E-state index is 11.3. The first-order valence-corrected chi connectivity index (χ1v) is 5.59. The molecule has 0 aliphatic carbocycles. The number of nitrogen functional groups attached to an aromatic ring is 2. The Balaban J connectivity index is 2.34. The zero-order valence-electron chi connectivity index (χ0n) is 9.00. The molecule has 0 unspecified atom stereocenters. The minimum absolute atomic E-state index is 0.0360. The summed E-state index contributed by atoms with van der Waals surface area (Å²) < 4.78 is 0. The molecule has 0 saturated heterocycles. The second-order valence-corrected chi connectivity index (χ2v) is 4.31. The predicted octanol–water partition coefficient (Wildman–Crippen LogP) is 1.98. The largest absolute Gasteiger partial charge is 0.396 e. The average molecular weight is 286 g/mol. The summed E-state index contributed by atoms with van der Waals surface area (Å²) in [6, 6.07) is 3.14. The Morgan fingerprint density at radius 1 is 1.22 bits per heavy atom. The molecule has 0 aliphatic heterocycles. The third-order valence-corrected chi connectivity index (χ3v) is 2.79. The molecular formula is C10H9Cl2N5O. The number of nitrogens with two attached hydrogens (primary N) is 2. The first-order valence-electron chi connectivity index (χ1n) is 4.83. The zero-order valence-corrected chi connectivity index (χ0v) is 10.5. The Morgan fingerprint density at radius 3 is 2.39 bits per heavy atom. The van der Waals surface area contributed by atoms with E-state index in [1.165, 1.54) is 6.20 Å². The fourth-order valence-electron chi connectivity index (χ4n) is 1.26. The van der Waals surface area contributed by atoms with Gasteiger partial charge in [-0.3, -0.25) is 9.78 Å². The van der Waals surface area contributed by atoms with Gasteiger partial charge < -0.3 is 16.8 Å². The highest BCUT2D eigenvalue weighted by atomic mass is 35.5. The van der Waals surface area contributed by atoms with Crippen LogP contribution in [0.4, 0.5) is 23.0 Å². The average Bonchev–Trinajstić information content (AvgIpc) is 2.31. The quantitative estimate of drug-likeness (QED) is 0.631. The molecular weight excluding hydrogens is 277 g/mol. The highest BCUT2D eigenvalue weighted by molar-refractivity contribution is 6.39. The molecule has 0 spiro atoms. The highest BCUT2D eigenvalue weighted by Gasteiger charge is 2.06. The molecule has 0 atom stereocenters. The fraction of sp³-hybridized carbons (Fsp3) is 0. The molecule has 8 heteroatoms. The van der Waals surface area contributed by atoms with E-state index >= 15 is 0 Å². The van der Waals surface area contributed by atoms with E-state index < -0.39 is 5.56 Å². The third-order valence-electron chi connectivity index (χ3n) is 2.17. The predicted molar refractivity (Wildman–Crippen MR) is 73.4 cm³/mol. The number of nitrogens with one attached hydrogen (secondary N) is 2. The van der Waals surface area contributed by atoms with E-state index in [4.69, 9.17) is 34.7 Å². The number of aromatic nitrogens is 2. The number of halogens is 2. The molecule has 0 radical (unpaired) electrons. The van der Waals surface area contributed by atoms with Crippen molar-refractivity contribution in [1.29, 1.82) is 0 Å². The molecule has 2 aromatic rings. The monoisotopic (exact) mass is 285 g/mol. The van der Waals surface area contributed by atoms with E-state index in [2.05, 4.69) is 15.3 Å². The van der Waals surface area contributed by atoms with Gasteiger partial charge in [0.15, 0.2) is 0 Å². The van der Waals surface area contributed by atoms with E-state index in [1.807, 2.05) is 0 Å². The third kappa shape index (κ3) is 2.49. The molecule has 18 heavy (non-hydrogen) atoms. The molecule has 6 N–H and O–H groups in total. The molecule has 2 rings (SSSR count). The van der Waals surface area contributed by atoms with Gasteiger partial charge in [0.2, 0.25) is 5.95 Å². The minimum Gasteiger partial charge on any atom is -0.396 e.